The predicted octanol–water partition coefficient (Wildman–Crippen LogP) is 3.70. The third-order valence-electron chi connectivity index (χ3n) is 2.76. The molecule has 0 fully saturated rings. The van der Waals surface area contributed by atoms with E-state index in [1.807, 2.05) is 13.8 Å². The van der Waals surface area contributed by atoms with Gasteiger partial charge in [0.2, 0.25) is 11.8 Å². The molecule has 1 N–H and O–H groups in total. The number of halogens is 2. The van der Waals surface area contributed by atoms with Crippen LogP contribution in [-0.2, 0) is 0 Å². The minimum atomic E-state index is -0.336. The highest BCUT2D eigenvalue weighted by Gasteiger charge is 2.18. The van der Waals surface area contributed by atoms with E-state index in [1.54, 1.807) is 6.07 Å². The second-order valence-corrected chi connectivity index (χ2v) is 4.94. The molecule has 1 heterocycles. The van der Waals surface area contributed by atoms with E-state index in [-0.39, 0.29) is 11.9 Å². The quantitative estimate of drug-likeness (QED) is 0.909. The van der Waals surface area contributed by atoms with E-state index >= 15 is 0 Å². The Hall–Kier alpha value is -1.27. The van der Waals surface area contributed by atoms with Gasteiger partial charge in [-0.05, 0) is 47.1 Å². The summed E-state index contributed by atoms with van der Waals surface area (Å²) in [5.74, 6) is 0.505. The van der Waals surface area contributed by atoms with E-state index in [1.165, 1.54) is 12.1 Å². The fraction of sp³-hybridized carbons (Fsp3) is 0.385. The van der Waals surface area contributed by atoms with Crippen molar-refractivity contribution in [3.8, 4) is 11.5 Å². The van der Waals surface area contributed by atoms with E-state index in [9.17, 15) is 4.39 Å². The van der Waals surface area contributed by atoms with Gasteiger partial charge in [0.1, 0.15) is 5.82 Å². The predicted molar refractivity (Wildman–Crippen MR) is 74.1 cm³/mol. The van der Waals surface area contributed by atoms with Gasteiger partial charge in [-0.1, -0.05) is 13.8 Å². The van der Waals surface area contributed by atoms with Crippen molar-refractivity contribution in [2.24, 2.45) is 0 Å². The summed E-state index contributed by atoms with van der Waals surface area (Å²) in [5, 5.41) is 11.3. The maximum Gasteiger partial charge on any atom is 0.249 e. The molecule has 1 unspecified atom stereocenters. The van der Waals surface area contributed by atoms with Crippen molar-refractivity contribution in [3.63, 3.8) is 0 Å². The van der Waals surface area contributed by atoms with Crippen LogP contribution in [0.4, 0.5) is 4.39 Å². The molecule has 2 aromatic rings. The minimum absolute atomic E-state index is 0.0265. The summed E-state index contributed by atoms with van der Waals surface area (Å²) in [6.07, 6.45) is 0.847. The Bertz CT molecular complexity index is 559. The van der Waals surface area contributed by atoms with Crippen LogP contribution in [0.5, 0.6) is 0 Å². The molecule has 0 aliphatic carbocycles. The number of nitrogens with zero attached hydrogens (tertiary/aromatic N) is 2. The lowest BCUT2D eigenvalue weighted by molar-refractivity contribution is 0.402. The lowest BCUT2D eigenvalue weighted by atomic mass is 10.2. The smallest absolute Gasteiger partial charge is 0.249 e. The van der Waals surface area contributed by atoms with Gasteiger partial charge in [0.15, 0.2) is 0 Å². The zero-order valence-electron chi connectivity index (χ0n) is 10.8. The highest BCUT2D eigenvalue weighted by atomic mass is 79.9. The molecule has 6 heteroatoms. The van der Waals surface area contributed by atoms with Crippen LogP contribution in [0.3, 0.4) is 0 Å². The topological polar surface area (TPSA) is 51.0 Å². The average molecular weight is 328 g/mol. The highest BCUT2D eigenvalue weighted by molar-refractivity contribution is 9.10. The summed E-state index contributed by atoms with van der Waals surface area (Å²) in [7, 11) is 0. The normalized spacial score (nSPS) is 12.6. The van der Waals surface area contributed by atoms with Gasteiger partial charge in [-0.15, -0.1) is 10.2 Å². The first kappa shape index (κ1) is 14.1. The Morgan fingerprint density at radius 3 is 2.84 bits per heavy atom. The first-order chi connectivity index (χ1) is 9.15. The number of nitrogens with one attached hydrogen (secondary N) is 1. The monoisotopic (exact) mass is 327 g/mol. The highest BCUT2D eigenvalue weighted by Crippen LogP contribution is 2.29. The standard InChI is InChI=1S/C13H15BrFN3O/c1-3-11(16-4-2)13-18-17-12(19-13)9-7-8(15)5-6-10(9)14/h5-7,11,16H,3-4H2,1-2H3. The van der Waals surface area contributed by atoms with Crippen molar-refractivity contribution in [2.45, 2.75) is 26.3 Å². The van der Waals surface area contributed by atoms with E-state index < -0.39 is 0 Å². The Balaban J connectivity index is 2.32. The van der Waals surface area contributed by atoms with Crippen molar-refractivity contribution in [2.75, 3.05) is 6.54 Å². The van der Waals surface area contributed by atoms with Gasteiger partial charge in [-0.2, -0.15) is 0 Å². The van der Waals surface area contributed by atoms with Gasteiger partial charge in [-0.3, -0.25) is 0 Å². The van der Waals surface area contributed by atoms with Crippen molar-refractivity contribution < 1.29 is 8.81 Å². The molecule has 102 valence electrons. The Labute approximate surface area is 119 Å². The van der Waals surface area contributed by atoms with Gasteiger partial charge in [0.05, 0.1) is 11.6 Å². The molecule has 19 heavy (non-hydrogen) atoms. The number of hydrogen-bond acceptors (Lipinski definition) is 4. The zero-order chi connectivity index (χ0) is 13.8. The molecular weight excluding hydrogens is 313 g/mol. The molecule has 0 saturated heterocycles. The lowest BCUT2D eigenvalue weighted by Gasteiger charge is -2.10. The molecule has 1 atom stereocenters. The maximum absolute atomic E-state index is 13.3. The number of rotatable bonds is 5. The van der Waals surface area contributed by atoms with E-state index in [2.05, 4.69) is 31.4 Å². The molecule has 0 saturated carbocycles. The molecule has 1 aromatic heterocycles. The number of hydrogen-bond donors (Lipinski definition) is 1. The Kier molecular flexibility index (Phi) is 4.66. The second kappa shape index (κ2) is 6.25. The number of aromatic nitrogens is 2. The minimum Gasteiger partial charge on any atom is -0.419 e. The molecule has 0 amide bonds. The van der Waals surface area contributed by atoms with Gasteiger partial charge >= 0.3 is 0 Å². The van der Waals surface area contributed by atoms with Gasteiger partial charge in [-0.25, -0.2) is 4.39 Å². The van der Waals surface area contributed by atoms with Crippen LogP contribution in [0.25, 0.3) is 11.5 Å². The van der Waals surface area contributed by atoms with E-state index in [4.69, 9.17) is 4.42 Å². The molecular formula is C13H15BrFN3O. The van der Waals surface area contributed by atoms with Gasteiger partial charge in [0.25, 0.3) is 0 Å². The van der Waals surface area contributed by atoms with Gasteiger partial charge < -0.3 is 9.73 Å². The molecule has 1 aromatic carbocycles. The summed E-state index contributed by atoms with van der Waals surface area (Å²) in [6, 6.07) is 4.39. The Morgan fingerprint density at radius 2 is 2.16 bits per heavy atom. The first-order valence-corrected chi connectivity index (χ1v) is 6.97. The average Bonchev–Trinajstić information content (AvgIpc) is 2.88. The SMILES string of the molecule is CCNC(CC)c1nnc(-c2cc(F)ccc2Br)o1. The van der Waals surface area contributed by atoms with E-state index in [0.29, 0.717) is 17.3 Å². The summed E-state index contributed by atoms with van der Waals surface area (Å²) >= 11 is 3.35. The molecule has 0 aliphatic heterocycles. The fourth-order valence-electron chi connectivity index (χ4n) is 1.80. The van der Waals surface area contributed by atoms with Crippen molar-refractivity contribution in [1.29, 1.82) is 0 Å². The van der Waals surface area contributed by atoms with E-state index in [0.717, 1.165) is 17.4 Å². The summed E-state index contributed by atoms with van der Waals surface area (Å²) in [5.41, 5.74) is 0.560. The third-order valence-corrected chi connectivity index (χ3v) is 3.45. The molecule has 0 radical (unpaired) electrons. The summed E-state index contributed by atoms with van der Waals surface area (Å²) in [4.78, 5) is 0. The summed E-state index contributed by atoms with van der Waals surface area (Å²) < 4.78 is 19.6. The molecule has 2 rings (SSSR count). The molecule has 4 nitrogen and oxygen atoms in total. The first-order valence-electron chi connectivity index (χ1n) is 6.17. The van der Waals surface area contributed by atoms with Crippen LogP contribution in [0.15, 0.2) is 27.1 Å². The van der Waals surface area contributed by atoms with Crippen LogP contribution in [0.2, 0.25) is 0 Å². The zero-order valence-corrected chi connectivity index (χ0v) is 12.4. The van der Waals surface area contributed by atoms with Crippen LogP contribution in [0, 0.1) is 5.82 Å². The molecule has 0 spiro atoms. The molecule has 0 aliphatic rings. The second-order valence-electron chi connectivity index (χ2n) is 4.09. The van der Waals surface area contributed by atoms with Crippen LogP contribution >= 0.6 is 15.9 Å². The van der Waals surface area contributed by atoms with Crippen molar-refractivity contribution >= 4 is 15.9 Å². The number of benzene rings is 1. The summed E-state index contributed by atoms with van der Waals surface area (Å²) in [6.45, 7) is 4.87. The van der Waals surface area contributed by atoms with Gasteiger partial charge in [0, 0.05) is 4.47 Å². The molecule has 0 bridgehead atoms. The van der Waals surface area contributed by atoms with Crippen molar-refractivity contribution in [3.05, 3.63) is 34.4 Å². The van der Waals surface area contributed by atoms with Crippen LogP contribution in [0.1, 0.15) is 32.2 Å². The largest absolute Gasteiger partial charge is 0.419 e. The third kappa shape index (κ3) is 3.19. The van der Waals surface area contributed by atoms with Crippen molar-refractivity contribution in [1.82, 2.24) is 15.5 Å². The fourth-order valence-corrected chi connectivity index (χ4v) is 2.21. The Morgan fingerprint density at radius 1 is 1.37 bits per heavy atom. The lowest BCUT2D eigenvalue weighted by Crippen LogP contribution is -2.20. The van der Waals surface area contributed by atoms with Crippen LogP contribution < -0.4 is 5.32 Å². The maximum atomic E-state index is 13.3. The van der Waals surface area contributed by atoms with Crippen LogP contribution in [-0.4, -0.2) is 16.7 Å².